The van der Waals surface area contributed by atoms with Crippen molar-refractivity contribution in [3.05, 3.63) is 0 Å². The maximum absolute atomic E-state index is 12.8. The molecule has 0 rings (SSSR count). The highest BCUT2D eigenvalue weighted by molar-refractivity contribution is 5.69. The van der Waals surface area contributed by atoms with Gasteiger partial charge in [-0.15, -0.1) is 0 Å². The molecule has 0 aromatic rings. The maximum atomic E-state index is 12.8. The molecule has 0 aromatic heterocycles. The SMILES string of the molecule is CCCCCCCCC(CCCCCCCC)OC(=O)OCCC(CCCCCCCCCCOC(=O)CCCCCCC)OC(=O)OCCCN(C)C. The molecule has 9 nitrogen and oxygen atoms in total. The fraction of sp³-hybridized carbons (Fsp3) is 0.933. The van der Waals surface area contributed by atoms with Crippen molar-refractivity contribution in [1.29, 1.82) is 0 Å². The average molecular weight is 770 g/mol. The van der Waals surface area contributed by atoms with Crippen LogP contribution in [0.15, 0.2) is 0 Å². The van der Waals surface area contributed by atoms with Crippen molar-refractivity contribution in [2.45, 2.75) is 232 Å². The number of esters is 1. The van der Waals surface area contributed by atoms with Gasteiger partial charge in [0.1, 0.15) is 12.2 Å². The van der Waals surface area contributed by atoms with Gasteiger partial charge in [0.15, 0.2) is 0 Å². The van der Waals surface area contributed by atoms with E-state index in [0.717, 1.165) is 96.4 Å². The van der Waals surface area contributed by atoms with Crippen molar-refractivity contribution >= 4 is 18.3 Å². The predicted octanol–water partition coefficient (Wildman–Crippen LogP) is 13.3. The highest BCUT2D eigenvalue weighted by Crippen LogP contribution is 2.19. The number of hydrogen-bond acceptors (Lipinski definition) is 9. The van der Waals surface area contributed by atoms with E-state index in [1.807, 2.05) is 19.0 Å². The van der Waals surface area contributed by atoms with Crippen molar-refractivity contribution in [3.63, 3.8) is 0 Å². The summed E-state index contributed by atoms with van der Waals surface area (Å²) in [7, 11) is 3.98. The monoisotopic (exact) mass is 770 g/mol. The number of carbonyl (C=O) groups excluding carboxylic acids is 3. The van der Waals surface area contributed by atoms with Crippen molar-refractivity contribution in [3.8, 4) is 0 Å². The normalized spacial score (nSPS) is 11.9. The third-order valence-electron chi connectivity index (χ3n) is 10.1. The number of hydrogen-bond donors (Lipinski definition) is 0. The molecular weight excluding hydrogens is 682 g/mol. The molecule has 9 heteroatoms. The minimum Gasteiger partial charge on any atom is -0.466 e. The molecule has 0 aliphatic carbocycles. The minimum absolute atomic E-state index is 0.0517. The first-order chi connectivity index (χ1) is 26.3. The zero-order valence-corrected chi connectivity index (χ0v) is 36.1. The third kappa shape index (κ3) is 38.3. The molecule has 320 valence electrons. The van der Waals surface area contributed by atoms with Gasteiger partial charge in [0.2, 0.25) is 0 Å². The van der Waals surface area contributed by atoms with Crippen molar-refractivity contribution in [2.24, 2.45) is 0 Å². The Kier molecular flexibility index (Phi) is 39.1. The number of nitrogens with zero attached hydrogens (tertiary/aromatic N) is 1. The van der Waals surface area contributed by atoms with E-state index in [0.29, 0.717) is 32.5 Å². The molecule has 0 amide bonds. The van der Waals surface area contributed by atoms with E-state index in [4.69, 9.17) is 23.7 Å². The van der Waals surface area contributed by atoms with Gasteiger partial charge in [-0.3, -0.25) is 4.79 Å². The lowest BCUT2D eigenvalue weighted by molar-refractivity contribution is -0.143. The smallest absolute Gasteiger partial charge is 0.466 e. The van der Waals surface area contributed by atoms with Gasteiger partial charge in [-0.1, -0.05) is 149 Å². The first kappa shape index (κ1) is 52.0. The van der Waals surface area contributed by atoms with Gasteiger partial charge in [0, 0.05) is 19.4 Å². The molecule has 54 heavy (non-hydrogen) atoms. The predicted molar refractivity (Wildman–Crippen MR) is 222 cm³/mol. The lowest BCUT2D eigenvalue weighted by atomic mass is 10.0. The van der Waals surface area contributed by atoms with Gasteiger partial charge < -0.3 is 28.6 Å². The summed E-state index contributed by atoms with van der Waals surface area (Å²) in [6.45, 7) is 8.48. The van der Waals surface area contributed by atoms with E-state index < -0.39 is 12.3 Å². The second-order valence-corrected chi connectivity index (χ2v) is 15.7. The molecule has 0 saturated heterocycles. The minimum atomic E-state index is -0.656. The van der Waals surface area contributed by atoms with E-state index in [1.165, 1.54) is 89.9 Å². The van der Waals surface area contributed by atoms with Crippen molar-refractivity contribution in [1.82, 2.24) is 4.90 Å². The molecule has 0 bridgehead atoms. The molecule has 0 fully saturated rings. The topological polar surface area (TPSA) is 101 Å². The molecule has 0 aromatic carbocycles. The zero-order chi connectivity index (χ0) is 39.7. The number of unbranched alkanes of at least 4 members (excludes halogenated alkanes) is 21. The zero-order valence-electron chi connectivity index (χ0n) is 36.1. The lowest BCUT2D eigenvalue weighted by Crippen LogP contribution is -2.24. The van der Waals surface area contributed by atoms with Crippen LogP contribution in [-0.4, -0.2) is 75.8 Å². The largest absolute Gasteiger partial charge is 0.508 e. The van der Waals surface area contributed by atoms with Gasteiger partial charge in [-0.2, -0.15) is 0 Å². The van der Waals surface area contributed by atoms with Crippen LogP contribution in [0.1, 0.15) is 220 Å². The van der Waals surface area contributed by atoms with Crippen LogP contribution in [0.4, 0.5) is 9.59 Å². The molecule has 0 radical (unpaired) electrons. The summed E-state index contributed by atoms with van der Waals surface area (Å²) in [5, 5.41) is 0. The second-order valence-electron chi connectivity index (χ2n) is 15.7. The summed E-state index contributed by atoms with van der Waals surface area (Å²) < 4.78 is 27.8. The van der Waals surface area contributed by atoms with Crippen LogP contribution < -0.4 is 0 Å². The molecular formula is C45H87NO8. The van der Waals surface area contributed by atoms with Gasteiger partial charge >= 0.3 is 18.3 Å². The quantitative estimate of drug-likeness (QED) is 0.0342. The molecule has 0 N–H and O–H groups in total. The summed E-state index contributed by atoms with van der Waals surface area (Å²) >= 11 is 0. The molecule has 0 aliphatic heterocycles. The molecule has 0 heterocycles. The molecule has 0 saturated carbocycles. The molecule has 0 spiro atoms. The third-order valence-corrected chi connectivity index (χ3v) is 10.1. The Morgan fingerprint density at radius 1 is 0.407 bits per heavy atom. The Morgan fingerprint density at radius 2 is 0.778 bits per heavy atom. The number of rotatable bonds is 40. The van der Waals surface area contributed by atoms with E-state index in [9.17, 15) is 14.4 Å². The highest BCUT2D eigenvalue weighted by atomic mass is 16.7. The second kappa shape index (κ2) is 40.6. The Labute approximate surface area is 333 Å². The van der Waals surface area contributed by atoms with Crippen molar-refractivity contribution in [2.75, 3.05) is 40.5 Å². The van der Waals surface area contributed by atoms with Crippen LogP contribution in [0, 0.1) is 0 Å². The fourth-order valence-corrected chi connectivity index (χ4v) is 6.65. The summed E-state index contributed by atoms with van der Waals surface area (Å²) in [5.41, 5.74) is 0. The van der Waals surface area contributed by atoms with Gasteiger partial charge in [-0.05, 0) is 71.9 Å². The van der Waals surface area contributed by atoms with Gasteiger partial charge in [-0.25, -0.2) is 9.59 Å². The first-order valence-corrected chi connectivity index (χ1v) is 22.8. The Bertz CT molecular complexity index is 822. The highest BCUT2D eigenvalue weighted by Gasteiger charge is 2.19. The summed E-state index contributed by atoms with van der Waals surface area (Å²) in [5.74, 6) is -0.0517. The maximum Gasteiger partial charge on any atom is 0.508 e. The number of ether oxygens (including phenoxy) is 5. The molecule has 0 aliphatic rings. The van der Waals surface area contributed by atoms with E-state index in [2.05, 4.69) is 20.8 Å². The van der Waals surface area contributed by atoms with Gasteiger partial charge in [0.05, 0.1) is 19.8 Å². The number of carbonyl (C=O) groups is 3. The first-order valence-electron chi connectivity index (χ1n) is 22.8. The summed E-state index contributed by atoms with van der Waals surface area (Å²) in [4.78, 5) is 39.2. The molecule has 1 atom stereocenters. The lowest BCUT2D eigenvalue weighted by Gasteiger charge is -2.20. The summed E-state index contributed by atoms with van der Waals surface area (Å²) in [6.07, 6.45) is 31.3. The molecule has 1 unspecified atom stereocenters. The van der Waals surface area contributed by atoms with Crippen LogP contribution in [0.5, 0.6) is 0 Å². The van der Waals surface area contributed by atoms with Crippen LogP contribution in [0.2, 0.25) is 0 Å². The van der Waals surface area contributed by atoms with Crippen LogP contribution in [0.25, 0.3) is 0 Å². The summed E-state index contributed by atoms with van der Waals surface area (Å²) in [6, 6.07) is 0. The van der Waals surface area contributed by atoms with E-state index in [-0.39, 0.29) is 24.8 Å². The van der Waals surface area contributed by atoms with Crippen molar-refractivity contribution < 1.29 is 38.1 Å². The Balaban J connectivity index is 4.56. The standard InChI is InChI=1S/C45H87NO8/c1-6-9-12-15-22-26-32-41(33-27-23-16-13-10-7-2)53-45(49)52-40-36-42(54-44(48)51-39-31-37-46(4)5)34-28-24-19-17-18-20-25-30-38-50-43(47)35-29-21-14-11-8-3/h41-42H,6-40H2,1-5H3. The van der Waals surface area contributed by atoms with Crippen LogP contribution in [-0.2, 0) is 28.5 Å². The Hall–Kier alpha value is -2.03. The fourth-order valence-electron chi connectivity index (χ4n) is 6.65. The average Bonchev–Trinajstić information content (AvgIpc) is 3.14. The van der Waals surface area contributed by atoms with Crippen LogP contribution >= 0.6 is 0 Å². The van der Waals surface area contributed by atoms with Gasteiger partial charge in [0.25, 0.3) is 0 Å². The van der Waals surface area contributed by atoms with Crippen LogP contribution in [0.3, 0.4) is 0 Å². The van der Waals surface area contributed by atoms with E-state index >= 15 is 0 Å². The Morgan fingerprint density at radius 3 is 1.24 bits per heavy atom. The van der Waals surface area contributed by atoms with E-state index in [1.54, 1.807) is 0 Å².